The predicted molar refractivity (Wildman–Crippen MR) is 76.4 cm³/mol. The van der Waals surface area contributed by atoms with Gasteiger partial charge in [0.1, 0.15) is 4.90 Å². The number of nitrogen functional groups attached to an aromatic ring is 1. The summed E-state index contributed by atoms with van der Waals surface area (Å²) < 4.78 is 31.5. The van der Waals surface area contributed by atoms with Crippen molar-refractivity contribution in [3.63, 3.8) is 0 Å². The summed E-state index contributed by atoms with van der Waals surface area (Å²) in [7, 11) is -2.11. The maximum atomic E-state index is 12.6. The van der Waals surface area contributed by atoms with Crippen LogP contribution in [0, 0.1) is 6.92 Å². The first-order valence-corrected chi connectivity index (χ1v) is 7.34. The maximum Gasteiger partial charge on any atom is 0.245 e. The molecule has 5 nitrogen and oxygen atoms in total. The third-order valence-electron chi connectivity index (χ3n) is 2.72. The third-order valence-corrected chi connectivity index (χ3v) is 4.80. The standard InChI is InChI=1S/C13H20N2O3S/c1-4-8-15(9-10-18-3)19(16,17)13-11(2)6-5-7-12(13)14/h4-7H,1,8-10,14H2,2-3H3. The molecule has 19 heavy (non-hydrogen) atoms. The second kappa shape index (κ2) is 6.70. The average molecular weight is 284 g/mol. The molecule has 0 heterocycles. The summed E-state index contributed by atoms with van der Waals surface area (Å²) in [6.07, 6.45) is 1.54. The van der Waals surface area contributed by atoms with Crippen LogP contribution in [0.1, 0.15) is 5.56 Å². The van der Waals surface area contributed by atoms with Crippen molar-refractivity contribution in [2.75, 3.05) is 32.5 Å². The molecular weight excluding hydrogens is 264 g/mol. The highest BCUT2D eigenvalue weighted by Crippen LogP contribution is 2.25. The van der Waals surface area contributed by atoms with Crippen LogP contribution in [0.3, 0.4) is 0 Å². The summed E-state index contributed by atoms with van der Waals surface area (Å²) in [5.41, 5.74) is 6.69. The molecule has 0 bridgehead atoms. The van der Waals surface area contributed by atoms with Gasteiger partial charge in [-0.3, -0.25) is 0 Å². The van der Waals surface area contributed by atoms with Crippen molar-refractivity contribution in [3.05, 3.63) is 36.4 Å². The number of hydrogen-bond donors (Lipinski definition) is 1. The number of ether oxygens (including phenoxy) is 1. The number of aryl methyl sites for hydroxylation is 1. The summed E-state index contributed by atoms with van der Waals surface area (Å²) >= 11 is 0. The van der Waals surface area contributed by atoms with E-state index in [1.54, 1.807) is 31.2 Å². The lowest BCUT2D eigenvalue weighted by Crippen LogP contribution is -2.34. The third kappa shape index (κ3) is 3.56. The van der Waals surface area contributed by atoms with E-state index in [1.807, 2.05) is 0 Å². The highest BCUT2D eigenvalue weighted by Gasteiger charge is 2.26. The number of sulfonamides is 1. The van der Waals surface area contributed by atoms with E-state index in [9.17, 15) is 8.42 Å². The minimum Gasteiger partial charge on any atom is -0.398 e. The number of anilines is 1. The minimum absolute atomic E-state index is 0.160. The molecule has 0 saturated carbocycles. The molecule has 0 radical (unpaired) electrons. The molecule has 6 heteroatoms. The Morgan fingerprint density at radius 1 is 1.47 bits per heavy atom. The summed E-state index contributed by atoms with van der Waals surface area (Å²) in [6.45, 7) is 6.11. The monoisotopic (exact) mass is 284 g/mol. The molecule has 0 unspecified atom stereocenters. The highest BCUT2D eigenvalue weighted by atomic mass is 32.2. The van der Waals surface area contributed by atoms with Crippen LogP contribution in [0.5, 0.6) is 0 Å². The molecule has 1 aromatic rings. The van der Waals surface area contributed by atoms with Crippen LogP contribution < -0.4 is 5.73 Å². The molecule has 0 spiro atoms. The van der Waals surface area contributed by atoms with Crippen LogP contribution in [0.15, 0.2) is 35.7 Å². The van der Waals surface area contributed by atoms with E-state index in [-0.39, 0.29) is 23.7 Å². The van der Waals surface area contributed by atoms with Gasteiger partial charge in [-0.2, -0.15) is 4.31 Å². The van der Waals surface area contributed by atoms with Gasteiger partial charge in [-0.05, 0) is 18.6 Å². The van der Waals surface area contributed by atoms with Crippen LogP contribution in [0.2, 0.25) is 0 Å². The molecule has 0 atom stereocenters. The molecular formula is C13H20N2O3S. The smallest absolute Gasteiger partial charge is 0.245 e. The van der Waals surface area contributed by atoms with Gasteiger partial charge in [0.2, 0.25) is 10.0 Å². The Morgan fingerprint density at radius 3 is 2.68 bits per heavy atom. The van der Waals surface area contributed by atoms with Gasteiger partial charge in [-0.25, -0.2) is 8.42 Å². The molecule has 0 aliphatic heterocycles. The molecule has 0 aliphatic rings. The first kappa shape index (κ1) is 15.7. The van der Waals surface area contributed by atoms with Crippen molar-refractivity contribution in [2.24, 2.45) is 0 Å². The molecule has 1 rings (SSSR count). The van der Waals surface area contributed by atoms with Gasteiger partial charge in [-0.15, -0.1) is 6.58 Å². The van der Waals surface area contributed by atoms with Gasteiger partial charge in [-0.1, -0.05) is 18.2 Å². The van der Waals surface area contributed by atoms with Gasteiger partial charge >= 0.3 is 0 Å². The molecule has 1 aromatic carbocycles. The van der Waals surface area contributed by atoms with E-state index in [0.29, 0.717) is 12.2 Å². The molecule has 0 aliphatic carbocycles. The van der Waals surface area contributed by atoms with Crippen LogP contribution in [-0.2, 0) is 14.8 Å². The topological polar surface area (TPSA) is 72.6 Å². The Morgan fingerprint density at radius 2 is 2.16 bits per heavy atom. The van der Waals surface area contributed by atoms with Crippen LogP contribution in [0.25, 0.3) is 0 Å². The lowest BCUT2D eigenvalue weighted by Gasteiger charge is -2.22. The molecule has 0 amide bonds. The lowest BCUT2D eigenvalue weighted by molar-refractivity contribution is 0.182. The Bertz CT molecular complexity index is 521. The van der Waals surface area contributed by atoms with Crippen molar-refractivity contribution in [2.45, 2.75) is 11.8 Å². The van der Waals surface area contributed by atoms with Gasteiger partial charge < -0.3 is 10.5 Å². The first-order valence-electron chi connectivity index (χ1n) is 5.90. The summed E-state index contributed by atoms with van der Waals surface area (Å²) in [5, 5.41) is 0. The average Bonchev–Trinajstić information content (AvgIpc) is 2.33. The number of hydrogen-bond acceptors (Lipinski definition) is 4. The zero-order valence-electron chi connectivity index (χ0n) is 11.3. The molecule has 0 aromatic heterocycles. The second-order valence-corrected chi connectivity index (χ2v) is 6.01. The number of methoxy groups -OCH3 is 1. The lowest BCUT2D eigenvalue weighted by atomic mass is 10.2. The Hall–Kier alpha value is -1.37. The Kier molecular flexibility index (Phi) is 5.53. The molecule has 0 saturated heterocycles. The fourth-order valence-corrected chi connectivity index (χ4v) is 3.52. The maximum absolute atomic E-state index is 12.6. The first-order chi connectivity index (χ1) is 8.95. The van der Waals surface area contributed by atoms with E-state index >= 15 is 0 Å². The van der Waals surface area contributed by atoms with Crippen molar-refractivity contribution in [3.8, 4) is 0 Å². The van der Waals surface area contributed by atoms with E-state index in [2.05, 4.69) is 6.58 Å². The largest absolute Gasteiger partial charge is 0.398 e. The van der Waals surface area contributed by atoms with Crippen LogP contribution >= 0.6 is 0 Å². The van der Waals surface area contributed by atoms with Crippen LogP contribution in [-0.4, -0.2) is 39.5 Å². The molecule has 106 valence electrons. The number of benzene rings is 1. The van der Waals surface area contributed by atoms with Gasteiger partial charge in [0.05, 0.1) is 12.3 Å². The highest BCUT2D eigenvalue weighted by molar-refractivity contribution is 7.89. The molecule has 0 fully saturated rings. The fourth-order valence-electron chi connectivity index (χ4n) is 1.80. The van der Waals surface area contributed by atoms with E-state index in [4.69, 9.17) is 10.5 Å². The quantitative estimate of drug-likeness (QED) is 0.607. The van der Waals surface area contributed by atoms with Gasteiger partial charge in [0.25, 0.3) is 0 Å². The Labute approximate surface area is 114 Å². The Balaban J connectivity index is 3.22. The number of rotatable bonds is 7. The predicted octanol–water partition coefficient (Wildman–Crippen LogP) is 1.40. The van der Waals surface area contributed by atoms with Crippen molar-refractivity contribution < 1.29 is 13.2 Å². The molecule has 2 N–H and O–H groups in total. The zero-order chi connectivity index (χ0) is 14.5. The number of nitrogens with zero attached hydrogens (tertiary/aromatic N) is 1. The normalized spacial score (nSPS) is 11.7. The number of nitrogens with two attached hydrogens (primary N) is 1. The summed E-state index contributed by atoms with van der Waals surface area (Å²) in [6, 6.07) is 5.05. The van der Waals surface area contributed by atoms with Crippen LogP contribution in [0.4, 0.5) is 5.69 Å². The van der Waals surface area contributed by atoms with E-state index in [1.165, 1.54) is 11.4 Å². The van der Waals surface area contributed by atoms with Crippen molar-refractivity contribution >= 4 is 15.7 Å². The second-order valence-electron chi connectivity index (χ2n) is 4.14. The van der Waals surface area contributed by atoms with E-state index in [0.717, 1.165) is 0 Å². The van der Waals surface area contributed by atoms with Crippen molar-refractivity contribution in [1.29, 1.82) is 0 Å². The van der Waals surface area contributed by atoms with Gasteiger partial charge in [0.15, 0.2) is 0 Å². The SMILES string of the molecule is C=CCN(CCOC)S(=O)(=O)c1c(C)cccc1N. The summed E-state index contributed by atoms with van der Waals surface area (Å²) in [5.74, 6) is 0. The van der Waals surface area contributed by atoms with Crippen molar-refractivity contribution in [1.82, 2.24) is 4.31 Å². The zero-order valence-corrected chi connectivity index (χ0v) is 12.1. The summed E-state index contributed by atoms with van der Waals surface area (Å²) in [4.78, 5) is 0.160. The minimum atomic E-state index is -3.64. The van der Waals surface area contributed by atoms with Gasteiger partial charge in [0, 0.05) is 20.2 Å². The van der Waals surface area contributed by atoms with E-state index < -0.39 is 10.0 Å². The fraction of sp³-hybridized carbons (Fsp3) is 0.385.